The van der Waals surface area contributed by atoms with Gasteiger partial charge in [-0.2, -0.15) is 0 Å². The Bertz CT molecular complexity index is 301. The standard InChI is InChI=1S/C7H9N3O3/c1-5(11)9-7-8-2-3-10(7)4-6(12)13/h2-3H,4H2,1H3,(H,12,13)(H,8,9,11). The first-order valence-electron chi connectivity index (χ1n) is 3.60. The zero-order valence-electron chi connectivity index (χ0n) is 7.02. The van der Waals surface area contributed by atoms with E-state index in [0.29, 0.717) is 0 Å². The Morgan fingerprint density at radius 2 is 2.38 bits per heavy atom. The molecule has 0 bridgehead atoms. The largest absolute Gasteiger partial charge is 0.480 e. The average Bonchev–Trinajstić information content (AvgIpc) is 2.34. The van der Waals surface area contributed by atoms with Gasteiger partial charge in [-0.05, 0) is 0 Å². The van der Waals surface area contributed by atoms with Crippen LogP contribution in [0.15, 0.2) is 12.4 Å². The normalized spacial score (nSPS) is 9.62. The molecule has 70 valence electrons. The molecule has 0 saturated carbocycles. The molecule has 1 aromatic rings. The van der Waals surface area contributed by atoms with Crippen LogP contribution in [0.1, 0.15) is 6.92 Å². The Hall–Kier alpha value is -1.85. The third-order valence-electron chi connectivity index (χ3n) is 1.31. The molecule has 13 heavy (non-hydrogen) atoms. The van der Waals surface area contributed by atoms with E-state index in [2.05, 4.69) is 10.3 Å². The molecular weight excluding hydrogens is 174 g/mol. The molecule has 0 fully saturated rings. The van der Waals surface area contributed by atoms with Crippen LogP contribution >= 0.6 is 0 Å². The van der Waals surface area contributed by atoms with Crippen molar-refractivity contribution in [1.82, 2.24) is 9.55 Å². The number of amides is 1. The molecule has 1 amide bonds. The Labute approximate surface area is 74.2 Å². The van der Waals surface area contributed by atoms with Crippen molar-refractivity contribution in [2.45, 2.75) is 13.5 Å². The molecule has 0 spiro atoms. The maximum Gasteiger partial charge on any atom is 0.323 e. The number of aromatic nitrogens is 2. The second-order valence-electron chi connectivity index (χ2n) is 2.45. The monoisotopic (exact) mass is 183 g/mol. The van der Waals surface area contributed by atoms with Crippen LogP contribution in [-0.4, -0.2) is 26.5 Å². The molecule has 0 atom stereocenters. The minimum Gasteiger partial charge on any atom is -0.480 e. The smallest absolute Gasteiger partial charge is 0.323 e. The molecule has 0 aromatic carbocycles. The number of nitrogens with zero attached hydrogens (tertiary/aromatic N) is 2. The molecule has 0 saturated heterocycles. The van der Waals surface area contributed by atoms with E-state index in [1.54, 1.807) is 0 Å². The molecule has 1 heterocycles. The maximum absolute atomic E-state index is 10.6. The first-order valence-corrected chi connectivity index (χ1v) is 3.60. The maximum atomic E-state index is 10.6. The highest BCUT2D eigenvalue weighted by molar-refractivity contribution is 5.87. The van der Waals surface area contributed by atoms with E-state index in [1.807, 2.05) is 0 Å². The molecule has 0 unspecified atom stereocenters. The van der Waals surface area contributed by atoms with E-state index in [1.165, 1.54) is 23.9 Å². The summed E-state index contributed by atoms with van der Waals surface area (Å²) in [7, 11) is 0. The number of carboxylic acids is 1. The topological polar surface area (TPSA) is 84.2 Å². The van der Waals surface area contributed by atoms with Gasteiger partial charge in [0.15, 0.2) is 0 Å². The Kier molecular flexibility index (Phi) is 2.63. The Balaban J connectivity index is 2.76. The highest BCUT2D eigenvalue weighted by Crippen LogP contribution is 2.03. The van der Waals surface area contributed by atoms with Crippen LogP contribution in [0.25, 0.3) is 0 Å². The van der Waals surface area contributed by atoms with Crippen molar-refractivity contribution in [2.24, 2.45) is 0 Å². The van der Waals surface area contributed by atoms with Gasteiger partial charge in [-0.3, -0.25) is 14.9 Å². The van der Waals surface area contributed by atoms with Gasteiger partial charge >= 0.3 is 5.97 Å². The number of carboxylic acid groups (broad SMARTS) is 1. The summed E-state index contributed by atoms with van der Waals surface area (Å²) in [5, 5.41) is 10.9. The summed E-state index contributed by atoms with van der Waals surface area (Å²) in [6.45, 7) is 1.12. The van der Waals surface area contributed by atoms with E-state index < -0.39 is 5.97 Å². The fourth-order valence-corrected chi connectivity index (χ4v) is 0.864. The second kappa shape index (κ2) is 3.70. The lowest BCUT2D eigenvalue weighted by Crippen LogP contribution is -2.15. The number of aliphatic carboxylic acids is 1. The Morgan fingerprint density at radius 1 is 1.69 bits per heavy atom. The van der Waals surface area contributed by atoms with Gasteiger partial charge in [0.1, 0.15) is 6.54 Å². The highest BCUT2D eigenvalue weighted by Gasteiger charge is 2.06. The molecule has 6 heteroatoms. The summed E-state index contributed by atoms with van der Waals surface area (Å²) in [5.41, 5.74) is 0. The number of nitrogens with one attached hydrogen (secondary N) is 1. The summed E-state index contributed by atoms with van der Waals surface area (Å²) < 4.78 is 1.34. The van der Waals surface area contributed by atoms with E-state index in [9.17, 15) is 9.59 Å². The summed E-state index contributed by atoms with van der Waals surface area (Å²) in [5.74, 6) is -1.02. The van der Waals surface area contributed by atoms with E-state index in [0.717, 1.165) is 0 Å². The molecule has 1 rings (SSSR count). The van der Waals surface area contributed by atoms with Crippen molar-refractivity contribution < 1.29 is 14.7 Å². The van der Waals surface area contributed by atoms with Gasteiger partial charge in [0.2, 0.25) is 11.9 Å². The van der Waals surface area contributed by atoms with E-state index in [4.69, 9.17) is 5.11 Å². The molecule has 1 aromatic heterocycles. The van der Waals surface area contributed by atoms with Crippen LogP contribution in [-0.2, 0) is 16.1 Å². The van der Waals surface area contributed by atoms with E-state index >= 15 is 0 Å². The predicted molar refractivity (Wildman–Crippen MR) is 44.2 cm³/mol. The van der Waals surface area contributed by atoms with Crippen LogP contribution in [0.5, 0.6) is 0 Å². The van der Waals surface area contributed by atoms with Crippen molar-refractivity contribution in [3.05, 3.63) is 12.4 Å². The molecular formula is C7H9N3O3. The summed E-state index contributed by atoms with van der Waals surface area (Å²) in [6, 6.07) is 0. The van der Waals surface area contributed by atoms with Gasteiger partial charge in [-0.1, -0.05) is 0 Å². The first-order chi connectivity index (χ1) is 6.09. The fourth-order valence-electron chi connectivity index (χ4n) is 0.864. The zero-order valence-corrected chi connectivity index (χ0v) is 7.02. The zero-order chi connectivity index (χ0) is 9.84. The second-order valence-corrected chi connectivity index (χ2v) is 2.45. The lowest BCUT2D eigenvalue weighted by molar-refractivity contribution is -0.137. The molecule has 6 nitrogen and oxygen atoms in total. The highest BCUT2D eigenvalue weighted by atomic mass is 16.4. The van der Waals surface area contributed by atoms with Gasteiger partial charge in [0, 0.05) is 19.3 Å². The minimum absolute atomic E-state index is 0.213. The average molecular weight is 183 g/mol. The van der Waals surface area contributed by atoms with Crippen molar-refractivity contribution in [1.29, 1.82) is 0 Å². The lowest BCUT2D eigenvalue weighted by Gasteiger charge is -2.03. The first kappa shape index (κ1) is 9.24. The number of rotatable bonds is 3. The van der Waals surface area contributed by atoms with Gasteiger partial charge in [-0.25, -0.2) is 4.98 Å². The fraction of sp³-hybridized carbons (Fsp3) is 0.286. The van der Waals surface area contributed by atoms with Crippen LogP contribution in [0.3, 0.4) is 0 Å². The summed E-state index contributed by atoms with van der Waals surface area (Å²) in [6.07, 6.45) is 2.91. The van der Waals surface area contributed by atoms with Crippen molar-refractivity contribution >= 4 is 17.8 Å². The number of hydrogen-bond acceptors (Lipinski definition) is 3. The number of anilines is 1. The van der Waals surface area contributed by atoms with Gasteiger partial charge in [0.05, 0.1) is 0 Å². The number of imidazole rings is 1. The SMILES string of the molecule is CC(=O)Nc1nccn1CC(=O)O. The Morgan fingerprint density at radius 3 is 2.92 bits per heavy atom. The van der Waals surface area contributed by atoms with Gasteiger partial charge < -0.3 is 9.67 Å². The van der Waals surface area contributed by atoms with E-state index in [-0.39, 0.29) is 18.4 Å². The van der Waals surface area contributed by atoms with Gasteiger partial charge in [0.25, 0.3) is 0 Å². The summed E-state index contributed by atoms with van der Waals surface area (Å²) >= 11 is 0. The third kappa shape index (κ3) is 2.58. The van der Waals surface area contributed by atoms with Crippen molar-refractivity contribution in [3.8, 4) is 0 Å². The van der Waals surface area contributed by atoms with Crippen LogP contribution < -0.4 is 5.32 Å². The summed E-state index contributed by atoms with van der Waals surface area (Å²) in [4.78, 5) is 24.8. The third-order valence-corrected chi connectivity index (χ3v) is 1.31. The molecule has 0 radical (unpaired) electrons. The molecule has 0 aliphatic carbocycles. The predicted octanol–water partition coefficient (Wildman–Crippen LogP) is -0.0739. The molecule has 0 aliphatic rings. The number of carbonyl (C=O) groups excluding carboxylic acids is 1. The lowest BCUT2D eigenvalue weighted by atomic mass is 10.6. The number of carbonyl (C=O) groups is 2. The van der Waals surface area contributed by atoms with Crippen LogP contribution in [0.2, 0.25) is 0 Å². The quantitative estimate of drug-likeness (QED) is 0.686. The van der Waals surface area contributed by atoms with Crippen molar-refractivity contribution in [3.63, 3.8) is 0 Å². The van der Waals surface area contributed by atoms with Crippen LogP contribution in [0, 0.1) is 0 Å². The number of hydrogen-bond donors (Lipinski definition) is 2. The minimum atomic E-state index is -0.982. The van der Waals surface area contributed by atoms with Crippen molar-refractivity contribution in [2.75, 3.05) is 5.32 Å². The van der Waals surface area contributed by atoms with Crippen LogP contribution in [0.4, 0.5) is 5.95 Å². The molecule has 2 N–H and O–H groups in total. The molecule has 0 aliphatic heterocycles. The van der Waals surface area contributed by atoms with Gasteiger partial charge in [-0.15, -0.1) is 0 Å².